The van der Waals surface area contributed by atoms with E-state index in [4.69, 9.17) is 0 Å². The van der Waals surface area contributed by atoms with Crippen molar-refractivity contribution in [3.63, 3.8) is 0 Å². The van der Waals surface area contributed by atoms with Gasteiger partial charge in [-0.25, -0.2) is 0 Å². The maximum Gasteiger partial charge on any atom is 0.0832 e. The minimum absolute atomic E-state index is 0.320. The zero-order chi connectivity index (χ0) is 13.1. The molecule has 0 radical (unpaired) electrons. The van der Waals surface area contributed by atoms with Gasteiger partial charge < -0.3 is 5.11 Å². The van der Waals surface area contributed by atoms with Crippen LogP contribution in [0.2, 0.25) is 0 Å². The molecule has 1 aliphatic rings. The summed E-state index contributed by atoms with van der Waals surface area (Å²) in [4.78, 5) is 0. The predicted molar refractivity (Wildman–Crippen MR) is 87.6 cm³/mol. The summed E-state index contributed by atoms with van der Waals surface area (Å²) >= 11 is 5.89. The molecule has 0 bridgehead atoms. The van der Waals surface area contributed by atoms with Crippen LogP contribution in [0.1, 0.15) is 50.7 Å². The highest BCUT2D eigenvalue weighted by Crippen LogP contribution is 2.42. The molecular formula is C15H20BrIO. The van der Waals surface area contributed by atoms with Gasteiger partial charge in [-0.15, -0.1) is 0 Å². The lowest BCUT2D eigenvalue weighted by atomic mass is 9.73. The molecule has 0 amide bonds. The highest BCUT2D eigenvalue weighted by atomic mass is 127. The number of aliphatic hydroxyl groups excluding tert-OH is 1. The van der Waals surface area contributed by atoms with E-state index < -0.39 is 0 Å². The number of benzene rings is 1. The van der Waals surface area contributed by atoms with Crippen molar-refractivity contribution >= 4 is 38.5 Å². The molecule has 0 saturated heterocycles. The second-order valence-electron chi connectivity index (χ2n) is 5.23. The van der Waals surface area contributed by atoms with E-state index in [9.17, 15) is 5.11 Å². The molecular weight excluding hydrogens is 403 g/mol. The van der Waals surface area contributed by atoms with Crippen molar-refractivity contribution in [2.24, 2.45) is 11.8 Å². The summed E-state index contributed by atoms with van der Waals surface area (Å²) < 4.78 is 2.23. The molecule has 3 unspecified atom stereocenters. The van der Waals surface area contributed by atoms with E-state index in [-0.39, 0.29) is 6.10 Å². The average Bonchev–Trinajstić information content (AvgIpc) is 2.40. The minimum Gasteiger partial charge on any atom is -0.388 e. The summed E-state index contributed by atoms with van der Waals surface area (Å²) in [6.45, 7) is 2.25. The zero-order valence-electron chi connectivity index (χ0n) is 10.7. The van der Waals surface area contributed by atoms with Crippen LogP contribution in [0.4, 0.5) is 0 Å². The van der Waals surface area contributed by atoms with Crippen molar-refractivity contribution in [1.29, 1.82) is 0 Å². The topological polar surface area (TPSA) is 20.2 Å². The lowest BCUT2D eigenvalue weighted by Crippen LogP contribution is -2.25. The molecule has 1 aromatic rings. The smallest absolute Gasteiger partial charge is 0.0832 e. The standard InChI is InChI=1S/C15H20BrIO/c1-2-10-5-3-4-6-12(10)15(18)13-9-11(17)7-8-14(13)16/h7-10,12,15,18H,2-6H2,1H3. The number of halogens is 2. The Morgan fingerprint density at radius 2 is 2.11 bits per heavy atom. The van der Waals surface area contributed by atoms with Crippen molar-refractivity contribution < 1.29 is 5.11 Å². The molecule has 0 aliphatic heterocycles. The van der Waals surface area contributed by atoms with E-state index in [1.807, 2.05) is 6.07 Å². The molecule has 1 N–H and O–H groups in total. The third-order valence-electron chi connectivity index (χ3n) is 4.17. The van der Waals surface area contributed by atoms with Crippen molar-refractivity contribution in [3.8, 4) is 0 Å². The second-order valence-corrected chi connectivity index (χ2v) is 7.33. The van der Waals surface area contributed by atoms with Gasteiger partial charge in [0, 0.05) is 8.04 Å². The Balaban J connectivity index is 2.23. The fourth-order valence-corrected chi connectivity index (χ4v) is 4.13. The molecule has 1 aliphatic carbocycles. The predicted octanol–water partition coefficient (Wildman–Crippen LogP) is 5.30. The van der Waals surface area contributed by atoms with Crippen LogP contribution in [0, 0.1) is 15.4 Å². The van der Waals surface area contributed by atoms with Gasteiger partial charge >= 0.3 is 0 Å². The summed E-state index contributed by atoms with van der Waals surface area (Å²) in [5, 5.41) is 10.7. The van der Waals surface area contributed by atoms with Crippen LogP contribution in [-0.4, -0.2) is 5.11 Å². The van der Waals surface area contributed by atoms with Crippen LogP contribution < -0.4 is 0 Å². The van der Waals surface area contributed by atoms with Crippen molar-refractivity contribution in [3.05, 3.63) is 31.8 Å². The van der Waals surface area contributed by atoms with Gasteiger partial charge in [-0.05, 0) is 64.6 Å². The molecule has 1 saturated carbocycles. The first kappa shape index (κ1) is 14.8. The van der Waals surface area contributed by atoms with Gasteiger partial charge in [-0.2, -0.15) is 0 Å². The summed E-state index contributed by atoms with van der Waals surface area (Å²) in [6, 6.07) is 6.22. The molecule has 0 heterocycles. The summed E-state index contributed by atoms with van der Waals surface area (Å²) in [5.74, 6) is 1.11. The molecule has 1 aromatic carbocycles. The maximum absolute atomic E-state index is 10.7. The maximum atomic E-state index is 10.7. The largest absolute Gasteiger partial charge is 0.388 e. The van der Waals surface area contributed by atoms with Gasteiger partial charge in [0.1, 0.15) is 0 Å². The van der Waals surface area contributed by atoms with Crippen LogP contribution in [0.5, 0.6) is 0 Å². The summed E-state index contributed by atoms with van der Waals surface area (Å²) in [7, 11) is 0. The molecule has 1 nitrogen and oxygen atoms in total. The quantitative estimate of drug-likeness (QED) is 0.655. The molecule has 0 spiro atoms. The van der Waals surface area contributed by atoms with E-state index >= 15 is 0 Å². The van der Waals surface area contributed by atoms with Crippen molar-refractivity contribution in [2.75, 3.05) is 0 Å². The van der Waals surface area contributed by atoms with Crippen LogP contribution in [0.3, 0.4) is 0 Å². The monoisotopic (exact) mass is 422 g/mol. The van der Waals surface area contributed by atoms with Gasteiger partial charge in [-0.1, -0.05) is 48.5 Å². The fraction of sp³-hybridized carbons (Fsp3) is 0.600. The molecule has 0 aromatic heterocycles. The lowest BCUT2D eigenvalue weighted by molar-refractivity contribution is 0.0447. The summed E-state index contributed by atoms with van der Waals surface area (Å²) in [5.41, 5.74) is 1.06. The lowest BCUT2D eigenvalue weighted by Gasteiger charge is -2.35. The Morgan fingerprint density at radius 3 is 2.83 bits per heavy atom. The molecule has 100 valence electrons. The first-order chi connectivity index (χ1) is 8.63. The fourth-order valence-electron chi connectivity index (χ4n) is 3.13. The molecule has 18 heavy (non-hydrogen) atoms. The highest BCUT2D eigenvalue weighted by Gasteiger charge is 2.31. The third-order valence-corrected chi connectivity index (χ3v) is 5.57. The summed E-state index contributed by atoms with van der Waals surface area (Å²) in [6.07, 6.45) is 5.90. The third kappa shape index (κ3) is 3.28. The van der Waals surface area contributed by atoms with Crippen molar-refractivity contribution in [1.82, 2.24) is 0 Å². The van der Waals surface area contributed by atoms with Gasteiger partial charge in [0.2, 0.25) is 0 Å². The molecule has 3 heteroatoms. The van der Waals surface area contributed by atoms with E-state index in [2.05, 4.69) is 57.6 Å². The Bertz CT molecular complexity index is 407. The van der Waals surface area contributed by atoms with Gasteiger partial charge in [0.25, 0.3) is 0 Å². The number of hydrogen-bond donors (Lipinski definition) is 1. The van der Waals surface area contributed by atoms with Gasteiger partial charge in [-0.3, -0.25) is 0 Å². The van der Waals surface area contributed by atoms with E-state index in [0.29, 0.717) is 11.8 Å². The zero-order valence-corrected chi connectivity index (χ0v) is 14.4. The van der Waals surface area contributed by atoms with Crippen LogP contribution >= 0.6 is 38.5 Å². The van der Waals surface area contributed by atoms with Gasteiger partial charge in [0.05, 0.1) is 6.10 Å². The Hall–Kier alpha value is 0.390. The first-order valence-corrected chi connectivity index (χ1v) is 8.63. The molecule has 1 fully saturated rings. The van der Waals surface area contributed by atoms with Crippen molar-refractivity contribution in [2.45, 2.75) is 45.1 Å². The number of hydrogen-bond acceptors (Lipinski definition) is 1. The second kappa shape index (κ2) is 6.71. The minimum atomic E-state index is -0.320. The Kier molecular flexibility index (Phi) is 5.51. The SMILES string of the molecule is CCC1CCCCC1C(O)c1cc(I)ccc1Br. The normalized spacial score (nSPS) is 26.0. The van der Waals surface area contributed by atoms with E-state index in [0.717, 1.165) is 16.5 Å². The van der Waals surface area contributed by atoms with E-state index in [1.54, 1.807) is 0 Å². The Labute approximate surface area is 132 Å². The van der Waals surface area contributed by atoms with Crippen LogP contribution in [0.25, 0.3) is 0 Å². The average molecular weight is 423 g/mol. The van der Waals surface area contributed by atoms with Crippen LogP contribution in [-0.2, 0) is 0 Å². The number of rotatable bonds is 3. The highest BCUT2D eigenvalue weighted by molar-refractivity contribution is 14.1. The molecule has 3 atom stereocenters. The van der Waals surface area contributed by atoms with E-state index in [1.165, 1.54) is 29.3 Å². The molecule has 2 rings (SSSR count). The first-order valence-electron chi connectivity index (χ1n) is 6.76. The Morgan fingerprint density at radius 1 is 1.39 bits per heavy atom. The number of aliphatic hydroxyl groups is 1. The van der Waals surface area contributed by atoms with Crippen LogP contribution in [0.15, 0.2) is 22.7 Å². The van der Waals surface area contributed by atoms with Gasteiger partial charge in [0.15, 0.2) is 0 Å².